The van der Waals surface area contributed by atoms with Crippen LogP contribution in [-0.4, -0.2) is 59.0 Å². The van der Waals surface area contributed by atoms with E-state index in [1.54, 1.807) is 21.3 Å². The van der Waals surface area contributed by atoms with Crippen molar-refractivity contribution in [3.63, 3.8) is 0 Å². The number of allylic oxidation sites excluding steroid dienone is 2. The van der Waals surface area contributed by atoms with E-state index in [0.29, 0.717) is 12.8 Å². The van der Waals surface area contributed by atoms with E-state index in [1.807, 2.05) is 0 Å². The van der Waals surface area contributed by atoms with Crippen LogP contribution in [0.2, 0.25) is 0 Å². The molecule has 2 rings (SSSR count). The fourth-order valence-electron chi connectivity index (χ4n) is 4.29. The summed E-state index contributed by atoms with van der Waals surface area (Å²) in [5, 5.41) is 0. The second kappa shape index (κ2) is 14.8. The van der Waals surface area contributed by atoms with Gasteiger partial charge in [-0.1, -0.05) is 12.2 Å². The maximum absolute atomic E-state index is 11.0. The Morgan fingerprint density at radius 2 is 1.21 bits per heavy atom. The molecule has 11 heteroatoms. The number of hydrogen-bond acceptors (Lipinski definition) is 8. The predicted molar refractivity (Wildman–Crippen MR) is 94.9 cm³/mol. The Morgan fingerprint density at radius 3 is 1.66 bits per heavy atom. The zero-order valence-corrected chi connectivity index (χ0v) is 23.3. The number of phosphoric ester groups is 1. The summed E-state index contributed by atoms with van der Waals surface area (Å²) < 4.78 is 37.7. The Balaban J connectivity index is 0.00000392. The average molecular weight is 452 g/mol. The zero-order chi connectivity index (χ0) is 20.0. The molecule has 0 amide bonds. The molecule has 0 aliphatic heterocycles. The van der Waals surface area contributed by atoms with Crippen molar-refractivity contribution in [1.82, 2.24) is 0 Å². The van der Waals surface area contributed by atoms with Crippen LogP contribution >= 0.6 is 7.82 Å². The molecule has 0 bridgehead atoms. The van der Waals surface area contributed by atoms with Gasteiger partial charge in [0.15, 0.2) is 0 Å². The SMILES string of the molecule is COC1CCC(/C=C\C2CC(OC)C(OC)C(OC)C2)CC1OP(=O)([O-])[O-].[Na+].[Na+]. The maximum Gasteiger partial charge on any atom is 1.00 e. The van der Waals surface area contributed by atoms with Gasteiger partial charge in [-0.3, -0.25) is 0 Å². The van der Waals surface area contributed by atoms with Crippen LogP contribution in [0.1, 0.15) is 32.1 Å². The number of rotatable bonds is 8. The van der Waals surface area contributed by atoms with Crippen LogP contribution in [0.25, 0.3) is 0 Å². The van der Waals surface area contributed by atoms with Crippen molar-refractivity contribution in [3.8, 4) is 0 Å². The van der Waals surface area contributed by atoms with Gasteiger partial charge in [-0.15, -0.1) is 0 Å². The van der Waals surface area contributed by atoms with Gasteiger partial charge in [0.05, 0.1) is 32.2 Å². The van der Waals surface area contributed by atoms with Crippen molar-refractivity contribution in [2.75, 3.05) is 28.4 Å². The quantitative estimate of drug-likeness (QED) is 0.205. The average Bonchev–Trinajstić information content (AvgIpc) is 2.64. The van der Waals surface area contributed by atoms with Gasteiger partial charge in [-0.05, 0) is 43.9 Å². The molecule has 2 fully saturated rings. The molecule has 0 radical (unpaired) electrons. The van der Waals surface area contributed by atoms with Crippen LogP contribution < -0.4 is 68.9 Å². The molecule has 8 nitrogen and oxygen atoms in total. The van der Waals surface area contributed by atoms with E-state index in [-0.39, 0.29) is 95.4 Å². The molecule has 158 valence electrons. The van der Waals surface area contributed by atoms with E-state index in [4.69, 9.17) is 23.5 Å². The third-order valence-corrected chi connectivity index (χ3v) is 6.20. The first-order chi connectivity index (χ1) is 12.8. The van der Waals surface area contributed by atoms with Gasteiger partial charge in [-0.25, -0.2) is 0 Å². The van der Waals surface area contributed by atoms with Crippen LogP contribution in [0.3, 0.4) is 0 Å². The van der Waals surface area contributed by atoms with Gasteiger partial charge in [0.2, 0.25) is 0 Å². The van der Waals surface area contributed by atoms with E-state index in [2.05, 4.69) is 12.2 Å². The second-order valence-corrected chi connectivity index (χ2v) is 8.41. The fourth-order valence-corrected chi connectivity index (χ4v) is 4.84. The molecule has 5 unspecified atom stereocenters. The molecule has 2 aliphatic carbocycles. The van der Waals surface area contributed by atoms with Gasteiger partial charge < -0.3 is 37.8 Å². The van der Waals surface area contributed by atoms with E-state index < -0.39 is 13.9 Å². The maximum atomic E-state index is 11.0. The summed E-state index contributed by atoms with van der Waals surface area (Å²) in [5.41, 5.74) is 0. The van der Waals surface area contributed by atoms with Gasteiger partial charge >= 0.3 is 59.1 Å². The second-order valence-electron chi connectivity index (χ2n) is 7.30. The van der Waals surface area contributed by atoms with Gasteiger partial charge in [0.25, 0.3) is 0 Å². The normalized spacial score (nSPS) is 35.7. The third kappa shape index (κ3) is 9.60. The molecule has 29 heavy (non-hydrogen) atoms. The summed E-state index contributed by atoms with van der Waals surface area (Å²) in [6.45, 7) is 0. The Bertz CT molecular complexity index is 518. The van der Waals surface area contributed by atoms with Crippen molar-refractivity contribution in [2.24, 2.45) is 11.8 Å². The zero-order valence-electron chi connectivity index (χ0n) is 18.4. The van der Waals surface area contributed by atoms with Crippen molar-refractivity contribution in [2.45, 2.75) is 62.6 Å². The molecular weight excluding hydrogens is 421 g/mol. The summed E-state index contributed by atoms with van der Waals surface area (Å²) in [4.78, 5) is 22.0. The molecule has 5 atom stereocenters. The standard InChI is InChI=1S/C18H33O8P.2Na/c1-22-14-8-7-12(9-15(14)26-27(19,20)21)5-6-13-10-16(23-2)18(25-4)17(11-13)24-3;;/h5-6,12-18H,7-11H2,1-4H3,(H2,19,20,21);;/q;2*+1/p-2/b6-5-;;. The molecule has 2 aliphatic rings. The number of phosphoric acid groups is 1. The van der Waals surface area contributed by atoms with Crippen LogP contribution in [0, 0.1) is 11.8 Å². The molecule has 0 saturated heterocycles. The monoisotopic (exact) mass is 452 g/mol. The minimum atomic E-state index is -5.04. The molecule has 0 spiro atoms. The number of ether oxygens (including phenoxy) is 4. The first-order valence-electron chi connectivity index (χ1n) is 9.31. The Morgan fingerprint density at radius 1 is 0.724 bits per heavy atom. The summed E-state index contributed by atoms with van der Waals surface area (Å²) in [6.07, 6.45) is 6.55. The fraction of sp³-hybridized carbons (Fsp3) is 0.889. The van der Waals surface area contributed by atoms with Crippen molar-refractivity contribution in [1.29, 1.82) is 0 Å². The largest absolute Gasteiger partial charge is 1.00 e. The summed E-state index contributed by atoms with van der Waals surface area (Å²) in [5.74, 6) is 0.408. The first kappa shape index (κ1) is 30.7. The van der Waals surface area contributed by atoms with Gasteiger partial charge in [0.1, 0.15) is 6.10 Å². The minimum absolute atomic E-state index is 0. The molecule has 0 aromatic rings. The first-order valence-corrected chi connectivity index (χ1v) is 10.8. The number of methoxy groups -OCH3 is 4. The topological polar surface area (TPSA) is 109 Å². The third-order valence-electron chi connectivity index (χ3n) is 5.68. The smallest absolute Gasteiger partial charge is 0.790 e. The molecule has 2 saturated carbocycles. The van der Waals surface area contributed by atoms with E-state index in [0.717, 1.165) is 19.3 Å². The van der Waals surface area contributed by atoms with Crippen LogP contribution in [-0.2, 0) is 28.0 Å². The number of hydrogen-bond donors (Lipinski definition) is 0. The predicted octanol–water partition coefficient (Wildman–Crippen LogP) is -4.97. The van der Waals surface area contributed by atoms with E-state index >= 15 is 0 Å². The molecular formula is C18H31Na2O8P. The summed E-state index contributed by atoms with van der Waals surface area (Å²) >= 11 is 0. The Hall–Kier alpha value is 1.69. The molecule has 0 heterocycles. The van der Waals surface area contributed by atoms with Crippen LogP contribution in [0.4, 0.5) is 0 Å². The molecule has 0 N–H and O–H groups in total. The Labute approximate surface area is 218 Å². The van der Waals surface area contributed by atoms with E-state index in [9.17, 15) is 14.4 Å². The van der Waals surface area contributed by atoms with E-state index in [1.165, 1.54) is 7.11 Å². The van der Waals surface area contributed by atoms with Gasteiger partial charge in [-0.2, -0.15) is 0 Å². The van der Waals surface area contributed by atoms with Crippen molar-refractivity contribution >= 4 is 7.82 Å². The van der Waals surface area contributed by atoms with Gasteiger partial charge in [0, 0.05) is 28.4 Å². The molecule has 0 aromatic heterocycles. The Kier molecular flexibility index (Phi) is 15.6. The van der Waals surface area contributed by atoms with Crippen molar-refractivity contribution in [3.05, 3.63) is 12.2 Å². The van der Waals surface area contributed by atoms with Crippen LogP contribution in [0.15, 0.2) is 12.2 Å². The summed E-state index contributed by atoms with van der Waals surface area (Å²) in [7, 11) is 1.47. The summed E-state index contributed by atoms with van der Waals surface area (Å²) in [6, 6.07) is 0. The minimum Gasteiger partial charge on any atom is -0.790 e. The van der Waals surface area contributed by atoms with Crippen molar-refractivity contribution < 1.29 is 96.9 Å². The molecule has 0 aromatic carbocycles. The van der Waals surface area contributed by atoms with Crippen LogP contribution in [0.5, 0.6) is 0 Å².